The number of benzene rings is 1. The monoisotopic (exact) mass is 271 g/mol. The Morgan fingerprint density at radius 2 is 2.20 bits per heavy atom. The third-order valence-electron chi connectivity index (χ3n) is 2.91. The molecule has 100 valence electrons. The smallest absolute Gasteiger partial charge is 0.316 e. The van der Waals surface area contributed by atoms with Gasteiger partial charge in [-0.2, -0.15) is 0 Å². The normalized spacial score (nSPS) is 10.7. The highest BCUT2D eigenvalue weighted by atomic mass is 16.5. The summed E-state index contributed by atoms with van der Waals surface area (Å²) in [5, 5.41) is 5.78. The van der Waals surface area contributed by atoms with Crippen LogP contribution in [-0.4, -0.2) is 16.2 Å². The van der Waals surface area contributed by atoms with Crippen molar-refractivity contribution < 1.29 is 14.0 Å². The van der Waals surface area contributed by atoms with Crippen molar-refractivity contribution >= 4 is 22.5 Å². The third kappa shape index (κ3) is 1.95. The van der Waals surface area contributed by atoms with E-state index in [1.54, 1.807) is 24.4 Å². The lowest BCUT2D eigenvalue weighted by Gasteiger charge is -2.05. The Hall–Kier alpha value is -2.96. The second kappa shape index (κ2) is 4.61. The molecule has 0 spiro atoms. The molecule has 0 aliphatic rings. The van der Waals surface area contributed by atoms with Crippen LogP contribution in [0.1, 0.15) is 10.5 Å². The van der Waals surface area contributed by atoms with E-state index in [0.29, 0.717) is 5.69 Å². The molecule has 3 rings (SSSR count). The predicted molar refractivity (Wildman–Crippen MR) is 70.2 cm³/mol. The minimum Gasteiger partial charge on any atom is -0.316 e. The summed E-state index contributed by atoms with van der Waals surface area (Å²) < 4.78 is 5.77. The van der Waals surface area contributed by atoms with Crippen molar-refractivity contribution in [2.45, 2.75) is 0 Å². The lowest BCUT2D eigenvalue weighted by atomic mass is 10.2. The first-order valence-corrected chi connectivity index (χ1v) is 5.89. The van der Waals surface area contributed by atoms with E-state index < -0.39 is 11.5 Å². The number of aromatic nitrogens is 3. The quantitative estimate of drug-likeness (QED) is 0.667. The Kier molecular flexibility index (Phi) is 2.79. The number of carbonyl (C=O) groups excluding carboxylic acids is 1. The zero-order chi connectivity index (χ0) is 14.1. The number of H-pyrrole nitrogens is 1. The molecule has 7 nitrogen and oxygen atoms in total. The average Bonchev–Trinajstić information content (AvgIpc) is 2.78. The maximum atomic E-state index is 12.1. The first-order valence-electron chi connectivity index (χ1n) is 5.89. The van der Waals surface area contributed by atoms with Gasteiger partial charge < -0.3 is 5.32 Å². The van der Waals surface area contributed by atoms with E-state index in [-0.39, 0.29) is 5.69 Å². The third-order valence-corrected chi connectivity index (χ3v) is 2.91. The van der Waals surface area contributed by atoms with Crippen LogP contribution in [-0.2, 0) is 7.05 Å². The molecule has 2 N–H and O–H groups in total. The molecule has 0 atom stereocenters. The van der Waals surface area contributed by atoms with Crippen LogP contribution >= 0.6 is 0 Å². The highest BCUT2D eigenvalue weighted by Crippen LogP contribution is 2.21. The van der Waals surface area contributed by atoms with E-state index in [0.717, 1.165) is 10.9 Å². The molecule has 0 radical (unpaired) electrons. The van der Waals surface area contributed by atoms with E-state index in [2.05, 4.69) is 20.1 Å². The van der Waals surface area contributed by atoms with Crippen molar-refractivity contribution in [3.05, 3.63) is 52.6 Å². The van der Waals surface area contributed by atoms with E-state index in [1.807, 2.05) is 12.1 Å². The summed E-state index contributed by atoms with van der Waals surface area (Å²) in [4.78, 5) is 27.8. The number of anilines is 1. The molecule has 0 aliphatic heterocycles. The number of hydrogen-bond acceptors (Lipinski definition) is 4. The number of aryl methyl sites for hydroxylation is 1. The molecule has 3 aromatic rings. The number of fused-ring (bicyclic) bond motifs is 1. The van der Waals surface area contributed by atoms with Crippen molar-refractivity contribution in [3.63, 3.8) is 0 Å². The van der Waals surface area contributed by atoms with Crippen LogP contribution in [0, 0.1) is 0 Å². The van der Waals surface area contributed by atoms with Crippen molar-refractivity contribution in [3.8, 4) is 0 Å². The Morgan fingerprint density at radius 3 is 2.95 bits per heavy atom. The summed E-state index contributed by atoms with van der Waals surface area (Å²) in [6, 6.07) is 9.00. The first kappa shape index (κ1) is 12.1. The molecule has 1 aromatic carbocycles. The van der Waals surface area contributed by atoms with Gasteiger partial charge in [-0.25, -0.2) is 4.79 Å². The second-order valence-corrected chi connectivity index (χ2v) is 4.22. The molecular formula is C13H11N4O3+. The molecule has 0 fully saturated rings. The summed E-state index contributed by atoms with van der Waals surface area (Å²) in [7, 11) is 1.52. The SMILES string of the molecule is C[n+]1[nH]oc(=O)c1C(=O)Nc1cccc2ncccc12. The maximum absolute atomic E-state index is 12.1. The highest BCUT2D eigenvalue weighted by Gasteiger charge is 2.26. The minimum atomic E-state index is -0.719. The molecule has 0 unspecified atom stereocenters. The minimum absolute atomic E-state index is 0.106. The van der Waals surface area contributed by atoms with Gasteiger partial charge in [-0.3, -0.25) is 14.3 Å². The lowest BCUT2D eigenvalue weighted by molar-refractivity contribution is -0.741. The Bertz CT molecular complexity index is 845. The van der Waals surface area contributed by atoms with Crippen LogP contribution < -0.4 is 15.6 Å². The number of hydrogen-bond donors (Lipinski definition) is 2. The number of pyridine rings is 1. The fourth-order valence-electron chi connectivity index (χ4n) is 1.98. The molecule has 0 aliphatic carbocycles. The molecule has 0 saturated carbocycles. The summed E-state index contributed by atoms with van der Waals surface area (Å²) in [5.41, 5.74) is 0.520. The van der Waals surface area contributed by atoms with Crippen LogP contribution in [0.15, 0.2) is 45.8 Å². The summed E-state index contributed by atoms with van der Waals surface area (Å²) in [5.74, 6) is -0.543. The van der Waals surface area contributed by atoms with Gasteiger partial charge in [0.1, 0.15) is 0 Å². The van der Waals surface area contributed by atoms with Gasteiger partial charge in [0.05, 0.1) is 11.2 Å². The van der Waals surface area contributed by atoms with Gasteiger partial charge in [0, 0.05) is 11.6 Å². The summed E-state index contributed by atoms with van der Waals surface area (Å²) in [6.45, 7) is 0. The lowest BCUT2D eigenvalue weighted by Crippen LogP contribution is -2.41. The van der Waals surface area contributed by atoms with Crippen molar-refractivity contribution in [1.29, 1.82) is 0 Å². The number of carbonyl (C=O) groups is 1. The van der Waals surface area contributed by atoms with Crippen LogP contribution in [0.2, 0.25) is 0 Å². The molecule has 1 amide bonds. The topological polar surface area (TPSA) is 91.9 Å². The van der Waals surface area contributed by atoms with Gasteiger partial charge in [0.15, 0.2) is 7.05 Å². The van der Waals surface area contributed by atoms with E-state index >= 15 is 0 Å². The number of amides is 1. The maximum Gasteiger partial charge on any atom is 0.440 e. The van der Waals surface area contributed by atoms with Crippen molar-refractivity contribution in [1.82, 2.24) is 10.3 Å². The fourth-order valence-corrected chi connectivity index (χ4v) is 1.98. The number of nitrogens with zero attached hydrogens (tertiary/aromatic N) is 2. The molecule has 0 bridgehead atoms. The van der Waals surface area contributed by atoms with Gasteiger partial charge in [0.25, 0.3) is 0 Å². The second-order valence-electron chi connectivity index (χ2n) is 4.22. The molecule has 2 aromatic heterocycles. The number of aromatic amines is 1. The Labute approximate surface area is 112 Å². The molecule has 7 heteroatoms. The molecule has 20 heavy (non-hydrogen) atoms. The first-order chi connectivity index (χ1) is 9.66. The highest BCUT2D eigenvalue weighted by molar-refractivity contribution is 6.06. The fraction of sp³-hybridized carbons (Fsp3) is 0.0769. The van der Waals surface area contributed by atoms with Gasteiger partial charge in [-0.05, 0) is 29.5 Å². The number of rotatable bonds is 2. The number of nitrogens with one attached hydrogen (secondary N) is 2. The zero-order valence-corrected chi connectivity index (χ0v) is 10.6. The Morgan fingerprint density at radius 1 is 1.35 bits per heavy atom. The van der Waals surface area contributed by atoms with Crippen LogP contribution in [0.5, 0.6) is 0 Å². The summed E-state index contributed by atoms with van der Waals surface area (Å²) in [6.07, 6.45) is 1.68. The molecular weight excluding hydrogens is 260 g/mol. The Balaban J connectivity index is 2.02. The standard InChI is InChI=1S/C13H10N4O3/c1-17-11(13(19)20-16-17)12(18)15-10-6-2-5-9-8(10)4-3-7-14-9/h2-7H,1H3,(H-,14,15,16,18,19)/p+1. The van der Waals surface area contributed by atoms with E-state index in [4.69, 9.17) is 0 Å². The zero-order valence-electron chi connectivity index (χ0n) is 10.6. The van der Waals surface area contributed by atoms with Crippen LogP contribution in [0.4, 0.5) is 5.69 Å². The van der Waals surface area contributed by atoms with Gasteiger partial charge >= 0.3 is 17.2 Å². The summed E-state index contributed by atoms with van der Waals surface area (Å²) >= 11 is 0. The van der Waals surface area contributed by atoms with Gasteiger partial charge in [-0.15, -0.1) is 0 Å². The van der Waals surface area contributed by atoms with E-state index in [1.165, 1.54) is 11.7 Å². The van der Waals surface area contributed by atoms with Crippen molar-refractivity contribution in [2.75, 3.05) is 5.32 Å². The van der Waals surface area contributed by atoms with E-state index in [9.17, 15) is 9.59 Å². The van der Waals surface area contributed by atoms with Crippen molar-refractivity contribution in [2.24, 2.45) is 7.05 Å². The van der Waals surface area contributed by atoms with Crippen LogP contribution in [0.3, 0.4) is 0 Å². The predicted octanol–water partition coefficient (Wildman–Crippen LogP) is 0.593. The molecule has 0 saturated heterocycles. The molecule has 2 heterocycles. The van der Waals surface area contributed by atoms with Gasteiger partial charge in [0.2, 0.25) is 0 Å². The average molecular weight is 271 g/mol. The van der Waals surface area contributed by atoms with Gasteiger partial charge in [-0.1, -0.05) is 10.7 Å². The largest absolute Gasteiger partial charge is 0.440 e. The van der Waals surface area contributed by atoms with Crippen LogP contribution in [0.25, 0.3) is 10.9 Å².